The van der Waals surface area contributed by atoms with E-state index < -0.39 is 0 Å². The molecule has 0 spiro atoms. The van der Waals surface area contributed by atoms with Crippen molar-refractivity contribution >= 4 is 17.2 Å². The van der Waals surface area contributed by atoms with Gasteiger partial charge in [0.05, 0.1) is 18.5 Å². The summed E-state index contributed by atoms with van der Waals surface area (Å²) in [7, 11) is 1.59. The van der Waals surface area contributed by atoms with E-state index in [4.69, 9.17) is 9.72 Å². The monoisotopic (exact) mass is 414 g/mol. The molecule has 1 amide bonds. The Balaban J connectivity index is 1.53. The van der Waals surface area contributed by atoms with Crippen LogP contribution in [0.4, 0.5) is 5.69 Å². The topological polar surface area (TPSA) is 79.7 Å². The molecule has 0 saturated carbocycles. The van der Waals surface area contributed by atoms with Crippen molar-refractivity contribution in [2.75, 3.05) is 18.6 Å². The highest BCUT2D eigenvalue weighted by molar-refractivity contribution is 5.97. The Bertz CT molecular complexity index is 1340. The predicted molar refractivity (Wildman–Crippen MR) is 119 cm³/mol. The Morgan fingerprint density at radius 2 is 1.87 bits per heavy atom. The normalized spacial score (nSPS) is 16.3. The van der Waals surface area contributed by atoms with Gasteiger partial charge in [0.1, 0.15) is 5.75 Å². The molecule has 4 aromatic rings. The Labute approximate surface area is 178 Å². The second kappa shape index (κ2) is 7.43. The van der Waals surface area contributed by atoms with Crippen molar-refractivity contribution in [3.8, 4) is 16.9 Å². The van der Waals surface area contributed by atoms with Gasteiger partial charge in [-0.05, 0) is 24.6 Å². The Morgan fingerprint density at radius 3 is 2.65 bits per heavy atom. The van der Waals surface area contributed by atoms with Crippen LogP contribution in [0, 0.1) is 6.92 Å². The average molecular weight is 414 g/mol. The second-order valence-corrected chi connectivity index (χ2v) is 7.81. The third-order valence-corrected chi connectivity index (χ3v) is 5.80. The van der Waals surface area contributed by atoms with Crippen LogP contribution < -0.4 is 15.2 Å². The predicted octanol–water partition coefficient (Wildman–Crippen LogP) is 3.53. The maximum absolute atomic E-state index is 12.8. The van der Waals surface area contributed by atoms with Gasteiger partial charge in [0, 0.05) is 36.7 Å². The first kappa shape index (κ1) is 19.1. The standard InChI is InChI=1S/C24H22N4O3/c1-15-7-9-16(10-8-15)18-13-25-28-23(30)12-19(26-24(18)28)17-11-22(29)27(14-17)20-5-3-4-6-21(20)31-2/h3-10,12-13,17,25H,11,14H2,1-2H3. The van der Waals surface area contributed by atoms with Gasteiger partial charge in [-0.15, -0.1) is 0 Å². The maximum atomic E-state index is 12.8. The summed E-state index contributed by atoms with van der Waals surface area (Å²) in [6.07, 6.45) is 2.09. The summed E-state index contributed by atoms with van der Waals surface area (Å²) in [5, 5.41) is 2.99. The first-order chi connectivity index (χ1) is 15.0. The molecule has 2 aromatic heterocycles. The highest BCUT2D eigenvalue weighted by Gasteiger charge is 2.34. The molecule has 1 unspecified atom stereocenters. The number of para-hydroxylation sites is 2. The number of ether oxygens (including phenoxy) is 1. The highest BCUT2D eigenvalue weighted by Crippen LogP contribution is 2.36. The fourth-order valence-corrected chi connectivity index (χ4v) is 4.15. The van der Waals surface area contributed by atoms with E-state index in [0.717, 1.165) is 22.4 Å². The molecular formula is C24H22N4O3. The average Bonchev–Trinajstić information content (AvgIpc) is 3.38. The lowest BCUT2D eigenvalue weighted by atomic mass is 10.0. The van der Waals surface area contributed by atoms with Gasteiger partial charge in [-0.25, -0.2) is 9.50 Å². The first-order valence-corrected chi connectivity index (χ1v) is 10.2. The van der Waals surface area contributed by atoms with Crippen LogP contribution in [-0.2, 0) is 4.79 Å². The zero-order chi connectivity index (χ0) is 21.5. The summed E-state index contributed by atoms with van der Waals surface area (Å²) in [5.41, 5.74) is 4.73. The van der Waals surface area contributed by atoms with Crippen LogP contribution in [0.1, 0.15) is 23.6 Å². The molecule has 1 aliphatic rings. The molecule has 5 rings (SSSR count). The van der Waals surface area contributed by atoms with E-state index in [9.17, 15) is 9.59 Å². The minimum Gasteiger partial charge on any atom is -0.495 e. The summed E-state index contributed by atoms with van der Waals surface area (Å²) < 4.78 is 6.86. The third-order valence-electron chi connectivity index (χ3n) is 5.80. The molecule has 31 heavy (non-hydrogen) atoms. The van der Waals surface area contributed by atoms with Gasteiger partial charge >= 0.3 is 0 Å². The number of amides is 1. The molecule has 1 N–H and O–H groups in total. The van der Waals surface area contributed by atoms with Gasteiger partial charge in [0.25, 0.3) is 5.56 Å². The summed E-state index contributed by atoms with van der Waals surface area (Å²) in [6.45, 7) is 2.48. The fraction of sp³-hybridized carbons (Fsp3) is 0.208. The van der Waals surface area contributed by atoms with Crippen LogP contribution in [-0.4, -0.2) is 34.2 Å². The maximum Gasteiger partial charge on any atom is 0.272 e. The number of aryl methyl sites for hydroxylation is 1. The number of fused-ring (bicyclic) bond motifs is 1. The number of carbonyl (C=O) groups is 1. The van der Waals surface area contributed by atoms with E-state index in [2.05, 4.69) is 5.10 Å². The quantitative estimate of drug-likeness (QED) is 0.554. The number of rotatable bonds is 4. The summed E-state index contributed by atoms with van der Waals surface area (Å²) in [5.74, 6) is 0.465. The van der Waals surface area contributed by atoms with Crippen molar-refractivity contribution in [1.82, 2.24) is 14.6 Å². The second-order valence-electron chi connectivity index (χ2n) is 7.81. The number of aromatic nitrogens is 3. The molecule has 7 nitrogen and oxygen atoms in total. The zero-order valence-corrected chi connectivity index (χ0v) is 17.3. The number of H-pyrrole nitrogens is 1. The largest absolute Gasteiger partial charge is 0.495 e. The Morgan fingerprint density at radius 1 is 1.10 bits per heavy atom. The number of nitrogens with one attached hydrogen (secondary N) is 1. The summed E-state index contributed by atoms with van der Waals surface area (Å²) >= 11 is 0. The van der Waals surface area contributed by atoms with Gasteiger partial charge in [0.2, 0.25) is 5.91 Å². The molecule has 1 saturated heterocycles. The van der Waals surface area contributed by atoms with Crippen LogP contribution in [0.2, 0.25) is 0 Å². The van der Waals surface area contributed by atoms with Crippen molar-refractivity contribution < 1.29 is 9.53 Å². The Hall–Kier alpha value is -3.87. The number of carbonyl (C=O) groups excluding carboxylic acids is 1. The van der Waals surface area contributed by atoms with E-state index in [1.807, 2.05) is 55.5 Å². The zero-order valence-electron chi connectivity index (χ0n) is 17.3. The molecule has 0 bridgehead atoms. The van der Waals surface area contributed by atoms with E-state index >= 15 is 0 Å². The van der Waals surface area contributed by atoms with Gasteiger partial charge in [-0.2, -0.15) is 0 Å². The lowest BCUT2D eigenvalue weighted by molar-refractivity contribution is -0.117. The van der Waals surface area contributed by atoms with Crippen molar-refractivity contribution in [3.63, 3.8) is 0 Å². The highest BCUT2D eigenvalue weighted by atomic mass is 16.5. The van der Waals surface area contributed by atoms with Crippen molar-refractivity contribution in [2.24, 2.45) is 0 Å². The van der Waals surface area contributed by atoms with Crippen molar-refractivity contribution in [3.05, 3.63) is 82.4 Å². The molecule has 7 heteroatoms. The van der Waals surface area contributed by atoms with Crippen LogP contribution in [0.3, 0.4) is 0 Å². The molecule has 0 aliphatic carbocycles. The van der Waals surface area contributed by atoms with Crippen molar-refractivity contribution in [1.29, 1.82) is 0 Å². The fourth-order valence-electron chi connectivity index (χ4n) is 4.15. The number of aromatic amines is 1. The lowest BCUT2D eigenvalue weighted by Gasteiger charge is -2.19. The van der Waals surface area contributed by atoms with E-state index in [1.165, 1.54) is 10.6 Å². The van der Waals surface area contributed by atoms with Gasteiger partial charge in [-0.1, -0.05) is 42.0 Å². The smallest absolute Gasteiger partial charge is 0.272 e. The van der Waals surface area contributed by atoms with Crippen molar-refractivity contribution in [2.45, 2.75) is 19.3 Å². The minimum atomic E-state index is -0.193. The van der Waals surface area contributed by atoms with E-state index in [-0.39, 0.29) is 17.4 Å². The summed E-state index contributed by atoms with van der Waals surface area (Å²) in [6, 6.07) is 17.1. The number of anilines is 1. The number of benzene rings is 2. The lowest BCUT2D eigenvalue weighted by Crippen LogP contribution is -2.25. The van der Waals surface area contributed by atoms with Crippen LogP contribution in [0.25, 0.3) is 16.8 Å². The number of hydrogen-bond donors (Lipinski definition) is 1. The molecule has 0 radical (unpaired) electrons. The number of methoxy groups -OCH3 is 1. The van der Waals surface area contributed by atoms with Gasteiger partial charge in [-0.3, -0.25) is 14.7 Å². The SMILES string of the molecule is COc1ccccc1N1CC(c2cc(=O)n3[nH]cc(-c4ccc(C)cc4)c3n2)CC1=O. The molecule has 2 aromatic carbocycles. The third kappa shape index (κ3) is 3.28. The van der Waals surface area contributed by atoms with Crippen LogP contribution in [0.15, 0.2) is 65.6 Å². The molecular weight excluding hydrogens is 392 g/mol. The molecule has 1 atom stereocenters. The van der Waals surface area contributed by atoms with E-state index in [0.29, 0.717) is 30.1 Å². The van der Waals surface area contributed by atoms with Gasteiger partial charge < -0.3 is 9.64 Å². The van der Waals surface area contributed by atoms with E-state index in [1.54, 1.807) is 18.2 Å². The Kier molecular flexibility index (Phi) is 4.58. The molecule has 1 aliphatic heterocycles. The number of nitrogens with zero attached hydrogens (tertiary/aromatic N) is 3. The number of hydrogen-bond acceptors (Lipinski definition) is 4. The molecule has 1 fully saturated rings. The molecule has 3 heterocycles. The minimum absolute atomic E-state index is 0.00988. The van der Waals surface area contributed by atoms with Crippen LogP contribution in [0.5, 0.6) is 5.75 Å². The summed E-state index contributed by atoms with van der Waals surface area (Å²) in [4.78, 5) is 32.1. The van der Waals surface area contributed by atoms with Crippen LogP contribution >= 0.6 is 0 Å². The molecule has 156 valence electrons. The first-order valence-electron chi connectivity index (χ1n) is 10.2. The van der Waals surface area contributed by atoms with Gasteiger partial charge in [0.15, 0.2) is 5.65 Å².